The number of rotatable bonds is 3. The molecule has 0 aliphatic heterocycles. The molecule has 0 atom stereocenters. The van der Waals surface area contributed by atoms with Gasteiger partial charge in [0, 0.05) is 16.6 Å². The van der Waals surface area contributed by atoms with Crippen LogP contribution in [0, 0.1) is 0 Å². The number of benzene rings is 1. The molecule has 1 aromatic carbocycles. The number of aliphatic imine (C=N–C) groups is 1. The Bertz CT molecular complexity index is 906. The van der Waals surface area contributed by atoms with Gasteiger partial charge in [0.25, 0.3) is 0 Å². The molecular formula is C22H28N2. The SMILES string of the molecule is CC/C(C)=c1\cc(-c2ccc3c(c2)CCC3)[nH]\c1=C(/C)N=C(C)C. The molecule has 0 bridgehead atoms. The normalized spacial score (nSPS) is 15.9. The molecule has 1 aromatic heterocycles. The lowest BCUT2D eigenvalue weighted by molar-refractivity contribution is 0.912. The molecule has 1 N–H and O–H groups in total. The summed E-state index contributed by atoms with van der Waals surface area (Å²) in [5.41, 5.74) is 9.08. The number of nitrogens with one attached hydrogen (secondary N) is 1. The fourth-order valence-corrected chi connectivity index (χ4v) is 3.55. The Hall–Kier alpha value is -2.09. The lowest BCUT2D eigenvalue weighted by Crippen LogP contribution is -2.26. The van der Waals surface area contributed by atoms with E-state index in [0.29, 0.717) is 0 Å². The molecule has 2 aromatic rings. The first-order chi connectivity index (χ1) is 11.5. The zero-order valence-electron chi connectivity index (χ0n) is 15.6. The number of H-pyrrole nitrogens is 1. The highest BCUT2D eigenvalue weighted by atomic mass is 14.8. The van der Waals surface area contributed by atoms with Crippen LogP contribution in [0.5, 0.6) is 0 Å². The van der Waals surface area contributed by atoms with Crippen LogP contribution in [0.4, 0.5) is 0 Å². The van der Waals surface area contributed by atoms with Gasteiger partial charge in [-0.3, -0.25) is 4.99 Å². The summed E-state index contributed by atoms with van der Waals surface area (Å²) in [6.45, 7) is 10.6. The molecule has 0 fully saturated rings. The Kier molecular flexibility index (Phi) is 4.75. The minimum Gasteiger partial charge on any atom is -0.353 e. The number of hydrogen-bond donors (Lipinski definition) is 1. The van der Waals surface area contributed by atoms with Gasteiger partial charge in [0.1, 0.15) is 0 Å². The molecule has 0 amide bonds. The Labute approximate surface area is 145 Å². The molecule has 1 aliphatic carbocycles. The molecule has 0 radical (unpaired) electrons. The van der Waals surface area contributed by atoms with Gasteiger partial charge in [-0.1, -0.05) is 24.6 Å². The van der Waals surface area contributed by atoms with E-state index in [1.807, 2.05) is 13.8 Å². The van der Waals surface area contributed by atoms with Crippen molar-refractivity contribution in [3.8, 4) is 11.3 Å². The summed E-state index contributed by atoms with van der Waals surface area (Å²) in [6, 6.07) is 9.23. The van der Waals surface area contributed by atoms with Crippen LogP contribution in [0.3, 0.4) is 0 Å². The van der Waals surface area contributed by atoms with E-state index in [2.05, 4.69) is 55.0 Å². The minimum atomic E-state index is 1.05. The summed E-state index contributed by atoms with van der Waals surface area (Å²) < 4.78 is 0. The predicted molar refractivity (Wildman–Crippen MR) is 105 cm³/mol. The molecule has 1 heterocycles. The van der Waals surface area contributed by atoms with Gasteiger partial charge in [-0.15, -0.1) is 0 Å². The fraction of sp³-hybridized carbons (Fsp3) is 0.409. The summed E-state index contributed by atoms with van der Waals surface area (Å²) in [5, 5.41) is 2.46. The average molecular weight is 320 g/mol. The summed E-state index contributed by atoms with van der Waals surface area (Å²) in [5.74, 6) is 0. The molecule has 126 valence electrons. The quantitative estimate of drug-likeness (QED) is 0.814. The maximum atomic E-state index is 4.68. The van der Waals surface area contributed by atoms with Gasteiger partial charge in [0.05, 0.1) is 11.0 Å². The van der Waals surface area contributed by atoms with Gasteiger partial charge in [0.2, 0.25) is 0 Å². The van der Waals surface area contributed by atoms with E-state index in [4.69, 9.17) is 0 Å². The third kappa shape index (κ3) is 3.24. The number of aromatic amines is 1. The number of aryl methyl sites for hydroxylation is 2. The van der Waals surface area contributed by atoms with Gasteiger partial charge in [-0.05, 0) is 82.2 Å². The largest absolute Gasteiger partial charge is 0.353 e. The van der Waals surface area contributed by atoms with E-state index in [9.17, 15) is 0 Å². The lowest BCUT2D eigenvalue weighted by atomic mass is 10.0. The zero-order chi connectivity index (χ0) is 17.3. The molecule has 1 aliphatic rings. The average Bonchev–Trinajstić information content (AvgIpc) is 3.19. The second kappa shape index (κ2) is 6.80. The standard InChI is InChI=1S/C22H28N2/c1-6-15(4)20-13-21(24-22(20)16(5)23-14(2)3)19-11-10-17-8-7-9-18(17)12-19/h10-13,24H,6-9H2,1-5H3/b20-15+,22-16+. The molecule has 0 saturated carbocycles. The fourth-order valence-electron chi connectivity index (χ4n) is 3.55. The van der Waals surface area contributed by atoms with Crippen LogP contribution in [0.15, 0.2) is 29.3 Å². The Balaban J connectivity index is 2.22. The molecule has 0 spiro atoms. The Morgan fingerprint density at radius 3 is 2.50 bits per heavy atom. The van der Waals surface area contributed by atoms with Crippen molar-refractivity contribution in [2.24, 2.45) is 4.99 Å². The predicted octanol–water partition coefficient (Wildman–Crippen LogP) is 4.36. The van der Waals surface area contributed by atoms with Crippen molar-refractivity contribution in [1.82, 2.24) is 4.98 Å². The van der Waals surface area contributed by atoms with Crippen molar-refractivity contribution >= 4 is 17.0 Å². The van der Waals surface area contributed by atoms with Gasteiger partial charge in [-0.2, -0.15) is 0 Å². The van der Waals surface area contributed by atoms with Crippen molar-refractivity contribution in [2.45, 2.75) is 60.3 Å². The first kappa shape index (κ1) is 16.8. The first-order valence-electron chi connectivity index (χ1n) is 9.03. The van der Waals surface area contributed by atoms with Gasteiger partial charge in [-0.25, -0.2) is 0 Å². The zero-order valence-corrected chi connectivity index (χ0v) is 15.6. The molecule has 0 saturated heterocycles. The summed E-state index contributed by atoms with van der Waals surface area (Å²) in [4.78, 5) is 8.32. The van der Waals surface area contributed by atoms with Gasteiger partial charge >= 0.3 is 0 Å². The van der Waals surface area contributed by atoms with Crippen molar-refractivity contribution in [3.05, 3.63) is 46.0 Å². The van der Waals surface area contributed by atoms with Crippen LogP contribution in [-0.4, -0.2) is 10.7 Å². The highest BCUT2D eigenvalue weighted by molar-refractivity contribution is 5.83. The van der Waals surface area contributed by atoms with E-state index in [1.165, 1.54) is 52.4 Å². The van der Waals surface area contributed by atoms with Crippen LogP contribution in [0.2, 0.25) is 0 Å². The Morgan fingerprint density at radius 1 is 1.04 bits per heavy atom. The highest BCUT2D eigenvalue weighted by Gasteiger charge is 2.12. The van der Waals surface area contributed by atoms with E-state index >= 15 is 0 Å². The number of aromatic nitrogens is 1. The van der Waals surface area contributed by atoms with E-state index in [1.54, 1.807) is 0 Å². The Morgan fingerprint density at radius 2 is 1.79 bits per heavy atom. The monoisotopic (exact) mass is 320 g/mol. The smallest absolute Gasteiger partial charge is 0.0673 e. The molecule has 2 heteroatoms. The van der Waals surface area contributed by atoms with Crippen LogP contribution in [0.25, 0.3) is 22.5 Å². The van der Waals surface area contributed by atoms with Gasteiger partial charge in [0.15, 0.2) is 0 Å². The summed E-state index contributed by atoms with van der Waals surface area (Å²) in [7, 11) is 0. The molecule has 2 nitrogen and oxygen atoms in total. The van der Waals surface area contributed by atoms with E-state index in [-0.39, 0.29) is 0 Å². The third-order valence-electron chi connectivity index (χ3n) is 4.97. The topological polar surface area (TPSA) is 28.1 Å². The first-order valence-corrected chi connectivity index (χ1v) is 9.03. The maximum Gasteiger partial charge on any atom is 0.0673 e. The molecule has 0 unspecified atom stereocenters. The molecule has 3 rings (SSSR count). The van der Waals surface area contributed by atoms with Crippen LogP contribution >= 0.6 is 0 Å². The van der Waals surface area contributed by atoms with Crippen LogP contribution in [-0.2, 0) is 12.8 Å². The molecule has 24 heavy (non-hydrogen) atoms. The lowest BCUT2D eigenvalue weighted by Gasteiger charge is -2.03. The van der Waals surface area contributed by atoms with Crippen molar-refractivity contribution < 1.29 is 0 Å². The van der Waals surface area contributed by atoms with E-state index < -0.39 is 0 Å². The summed E-state index contributed by atoms with van der Waals surface area (Å²) in [6.07, 6.45) is 4.79. The number of nitrogens with zero attached hydrogens (tertiary/aromatic N) is 1. The minimum absolute atomic E-state index is 1.05. The second-order valence-corrected chi connectivity index (χ2v) is 7.09. The third-order valence-corrected chi connectivity index (χ3v) is 4.97. The van der Waals surface area contributed by atoms with Crippen LogP contribution < -0.4 is 10.6 Å². The van der Waals surface area contributed by atoms with Gasteiger partial charge < -0.3 is 4.98 Å². The van der Waals surface area contributed by atoms with E-state index in [0.717, 1.165) is 23.2 Å². The second-order valence-electron chi connectivity index (χ2n) is 7.09. The number of fused-ring (bicyclic) bond motifs is 1. The number of hydrogen-bond acceptors (Lipinski definition) is 1. The van der Waals surface area contributed by atoms with Crippen molar-refractivity contribution in [1.29, 1.82) is 0 Å². The van der Waals surface area contributed by atoms with Crippen molar-refractivity contribution in [3.63, 3.8) is 0 Å². The molecular weight excluding hydrogens is 292 g/mol. The summed E-state index contributed by atoms with van der Waals surface area (Å²) >= 11 is 0. The van der Waals surface area contributed by atoms with Crippen molar-refractivity contribution in [2.75, 3.05) is 0 Å². The maximum absolute atomic E-state index is 4.68. The van der Waals surface area contributed by atoms with Crippen LogP contribution in [0.1, 0.15) is 58.6 Å². The highest BCUT2D eigenvalue weighted by Crippen LogP contribution is 2.26.